The standard InChI is InChI=1S/C40H37ClFN6O4Si/c41-27-6-4-26(30(42)19-27)22-51-36-3-1-2-31(45-36)24-10-15-47(16-11-24)21-35-44-33-18-25(5-9-34(33)48(35)23-40(53)14-17-52-40)37(49)43-28-7-8-32-29(20-28)39(12-13-39)38(50)46-32/h1-9,18-20,24H,10-17,21-23H2,(H,43,49)(H,46,50)/t40-/m1/s1. The average molecular weight is 748 g/mol. The maximum Gasteiger partial charge on any atom is 0.255 e. The first-order valence-corrected chi connectivity index (χ1v) is 18.9. The lowest BCUT2D eigenvalue weighted by molar-refractivity contribution is -0.117. The molecule has 1 atom stereocenters. The predicted molar refractivity (Wildman–Crippen MR) is 200 cm³/mol. The molecule has 0 bridgehead atoms. The van der Waals surface area contributed by atoms with Crippen molar-refractivity contribution in [1.82, 2.24) is 19.4 Å². The van der Waals surface area contributed by atoms with Crippen molar-refractivity contribution < 1.29 is 23.5 Å². The number of nitrogens with one attached hydrogen (secondary N) is 2. The smallest absolute Gasteiger partial charge is 0.255 e. The lowest BCUT2D eigenvalue weighted by atomic mass is 9.93. The number of nitrogens with zero attached hydrogens (tertiary/aromatic N) is 4. The van der Waals surface area contributed by atoms with Crippen LogP contribution in [0.2, 0.25) is 5.02 Å². The fraction of sp³-hybridized carbons (Fsp3) is 0.350. The normalized spacial score (nSPS) is 20.6. The molecule has 3 fully saturated rings. The maximum atomic E-state index is 14.3. The molecule has 5 aromatic rings. The molecule has 13 heteroatoms. The Morgan fingerprint density at radius 3 is 2.64 bits per heavy atom. The van der Waals surface area contributed by atoms with Crippen molar-refractivity contribution in [1.29, 1.82) is 0 Å². The SMILES string of the molecule is O=C(Nc1ccc2c(c1)C1(CC1)C(=O)N2)c1ccc2c(c1)nc(CN1CCC(c3cccc(OCc4ccc(Cl)cc4F)n3)CC1)n2C[C@]1([Si])CCO1. The van der Waals surface area contributed by atoms with Gasteiger partial charge in [0.05, 0.1) is 38.5 Å². The van der Waals surface area contributed by atoms with Crippen LogP contribution >= 0.6 is 11.6 Å². The van der Waals surface area contributed by atoms with Crippen molar-refractivity contribution in [2.24, 2.45) is 0 Å². The van der Waals surface area contributed by atoms with E-state index in [1.54, 1.807) is 18.2 Å². The fourth-order valence-corrected chi connectivity index (χ4v) is 8.30. The van der Waals surface area contributed by atoms with E-state index >= 15 is 0 Å². The zero-order valence-electron chi connectivity index (χ0n) is 29.0. The number of piperidine rings is 1. The zero-order chi connectivity index (χ0) is 36.3. The van der Waals surface area contributed by atoms with Crippen LogP contribution in [-0.4, -0.2) is 66.4 Å². The number of anilines is 2. The summed E-state index contributed by atoms with van der Waals surface area (Å²) in [7, 11) is 3.86. The van der Waals surface area contributed by atoms with Gasteiger partial charge < -0.3 is 24.7 Å². The monoisotopic (exact) mass is 747 g/mol. The van der Waals surface area contributed by atoms with Gasteiger partial charge in [0.1, 0.15) is 18.2 Å². The molecule has 53 heavy (non-hydrogen) atoms. The van der Waals surface area contributed by atoms with Gasteiger partial charge in [0.2, 0.25) is 11.8 Å². The van der Waals surface area contributed by atoms with E-state index in [1.165, 1.54) is 6.07 Å². The number of rotatable bonds is 10. The van der Waals surface area contributed by atoms with Crippen LogP contribution < -0.4 is 15.4 Å². The highest BCUT2D eigenvalue weighted by atomic mass is 35.5. The van der Waals surface area contributed by atoms with E-state index in [0.29, 0.717) is 47.4 Å². The molecule has 3 aromatic carbocycles. The minimum atomic E-state index is -0.452. The molecule has 1 spiro atoms. The van der Waals surface area contributed by atoms with Gasteiger partial charge >= 0.3 is 0 Å². The van der Waals surface area contributed by atoms with Crippen LogP contribution in [0.3, 0.4) is 0 Å². The maximum absolute atomic E-state index is 14.3. The summed E-state index contributed by atoms with van der Waals surface area (Å²) < 4.78 is 28.2. The highest BCUT2D eigenvalue weighted by molar-refractivity contribution is 6.30. The van der Waals surface area contributed by atoms with Gasteiger partial charge in [-0.05, 0) is 105 Å². The summed E-state index contributed by atoms with van der Waals surface area (Å²) in [4.78, 5) is 38.2. The van der Waals surface area contributed by atoms with Crippen molar-refractivity contribution >= 4 is 56.1 Å². The Kier molecular flexibility index (Phi) is 8.60. The predicted octanol–water partition coefficient (Wildman–Crippen LogP) is 6.70. The topological polar surface area (TPSA) is 111 Å². The molecule has 1 saturated carbocycles. The van der Waals surface area contributed by atoms with Gasteiger partial charge in [-0.15, -0.1) is 0 Å². The van der Waals surface area contributed by atoms with Crippen molar-refractivity contribution in [3.63, 3.8) is 0 Å². The van der Waals surface area contributed by atoms with E-state index in [1.807, 2.05) is 48.5 Å². The van der Waals surface area contributed by atoms with Gasteiger partial charge in [-0.1, -0.05) is 23.7 Å². The largest absolute Gasteiger partial charge is 0.473 e. The summed E-state index contributed by atoms with van der Waals surface area (Å²) in [6, 6.07) is 21.6. The van der Waals surface area contributed by atoms with Crippen LogP contribution in [0.1, 0.15) is 71.0 Å². The lowest BCUT2D eigenvalue weighted by Crippen LogP contribution is -2.48. The molecule has 3 aliphatic heterocycles. The Hall–Kier alpha value is -4.62. The number of imidazole rings is 1. The van der Waals surface area contributed by atoms with E-state index in [9.17, 15) is 14.0 Å². The first kappa shape index (κ1) is 34.2. The molecular formula is C40H37ClFN6O4Si. The quantitative estimate of drug-likeness (QED) is 0.153. The number of carbonyl (C=O) groups is 2. The van der Waals surface area contributed by atoms with E-state index < -0.39 is 16.5 Å². The Bertz CT molecular complexity index is 2270. The molecular weight excluding hydrogens is 711 g/mol. The number of amides is 2. The minimum Gasteiger partial charge on any atom is -0.473 e. The first-order chi connectivity index (χ1) is 25.6. The van der Waals surface area contributed by atoms with Gasteiger partial charge in [0, 0.05) is 58.4 Å². The van der Waals surface area contributed by atoms with Crippen LogP contribution in [-0.2, 0) is 34.6 Å². The summed E-state index contributed by atoms with van der Waals surface area (Å²) >= 11 is 5.89. The molecule has 5 heterocycles. The Morgan fingerprint density at radius 2 is 1.89 bits per heavy atom. The van der Waals surface area contributed by atoms with Crippen molar-refractivity contribution in [2.75, 3.05) is 30.3 Å². The second-order valence-electron chi connectivity index (χ2n) is 14.6. The van der Waals surface area contributed by atoms with E-state index in [4.69, 9.17) is 31.0 Å². The third-order valence-electron chi connectivity index (χ3n) is 11.1. The number of likely N-dealkylation sites (tertiary alicyclic amines) is 1. The average Bonchev–Trinajstić information content (AvgIpc) is 3.83. The second kappa shape index (κ2) is 13.3. The molecule has 4 aliphatic rings. The number of ether oxygens (including phenoxy) is 2. The zero-order valence-corrected chi connectivity index (χ0v) is 30.7. The molecule has 9 rings (SSSR count). The third-order valence-corrected chi connectivity index (χ3v) is 11.9. The molecule has 3 radical (unpaired) electrons. The van der Waals surface area contributed by atoms with E-state index in [0.717, 1.165) is 79.0 Å². The van der Waals surface area contributed by atoms with Crippen molar-refractivity contribution in [3.8, 4) is 5.88 Å². The lowest BCUT2D eigenvalue weighted by Gasteiger charge is -2.39. The van der Waals surface area contributed by atoms with Crippen LogP contribution in [0.4, 0.5) is 15.8 Å². The summed E-state index contributed by atoms with van der Waals surface area (Å²) in [5.74, 6) is 1.07. The van der Waals surface area contributed by atoms with Crippen LogP contribution in [0.5, 0.6) is 5.88 Å². The third kappa shape index (κ3) is 6.62. The van der Waals surface area contributed by atoms with Crippen molar-refractivity contribution in [3.05, 3.63) is 112 Å². The Balaban J connectivity index is 0.882. The number of carbonyl (C=O) groups excluding carboxylic acids is 2. The fourth-order valence-electron chi connectivity index (χ4n) is 7.78. The van der Waals surface area contributed by atoms with Crippen LogP contribution in [0, 0.1) is 5.82 Å². The number of fused-ring (bicyclic) bond motifs is 3. The van der Waals surface area contributed by atoms with Gasteiger partial charge in [-0.2, -0.15) is 0 Å². The molecule has 2 amide bonds. The highest BCUT2D eigenvalue weighted by Crippen LogP contribution is 2.55. The number of aromatic nitrogens is 3. The van der Waals surface area contributed by atoms with Gasteiger partial charge in [-0.25, -0.2) is 14.4 Å². The molecule has 0 unspecified atom stereocenters. The van der Waals surface area contributed by atoms with Gasteiger partial charge in [0.15, 0.2) is 0 Å². The van der Waals surface area contributed by atoms with Crippen LogP contribution in [0.25, 0.3) is 11.0 Å². The summed E-state index contributed by atoms with van der Waals surface area (Å²) in [6.07, 6.45) is 4.40. The van der Waals surface area contributed by atoms with Crippen molar-refractivity contribution in [2.45, 2.75) is 68.4 Å². The number of hydrogen-bond acceptors (Lipinski definition) is 7. The summed E-state index contributed by atoms with van der Waals surface area (Å²) in [5, 5.41) is 5.90. The number of pyridine rings is 1. The van der Waals surface area contributed by atoms with E-state index in [2.05, 4.69) is 30.3 Å². The second-order valence-corrected chi connectivity index (χ2v) is 16.0. The molecule has 2 aromatic heterocycles. The Morgan fingerprint density at radius 1 is 1.06 bits per heavy atom. The molecule has 2 N–H and O–H groups in total. The number of benzene rings is 3. The van der Waals surface area contributed by atoms with Crippen LogP contribution in [0.15, 0.2) is 72.8 Å². The van der Waals surface area contributed by atoms with E-state index in [-0.39, 0.29) is 24.3 Å². The molecule has 269 valence electrons. The molecule has 1 aliphatic carbocycles. The number of halogens is 2. The molecule has 10 nitrogen and oxygen atoms in total. The Labute approximate surface area is 314 Å². The van der Waals surface area contributed by atoms with Gasteiger partial charge in [0.25, 0.3) is 5.91 Å². The summed E-state index contributed by atoms with van der Waals surface area (Å²) in [6.45, 7) is 3.75. The minimum absolute atomic E-state index is 0.0493. The molecule has 2 saturated heterocycles. The number of hydrogen-bond donors (Lipinski definition) is 2. The summed E-state index contributed by atoms with van der Waals surface area (Å²) in [5.41, 5.74) is 5.62. The van der Waals surface area contributed by atoms with Gasteiger partial charge in [-0.3, -0.25) is 14.5 Å². The first-order valence-electron chi connectivity index (χ1n) is 18.1. The highest BCUT2D eigenvalue weighted by Gasteiger charge is 2.56.